The SMILES string of the molecule is COc1ccc(Cc2cc[c]c(C(F)(F)F)c2)cc1. The van der Waals surface area contributed by atoms with E-state index in [1.54, 1.807) is 25.3 Å². The van der Waals surface area contributed by atoms with Crippen LogP contribution in [0.1, 0.15) is 16.7 Å². The van der Waals surface area contributed by atoms with E-state index in [-0.39, 0.29) is 0 Å². The van der Waals surface area contributed by atoms with E-state index < -0.39 is 11.7 Å². The molecule has 4 heteroatoms. The molecule has 0 amide bonds. The van der Waals surface area contributed by atoms with Gasteiger partial charge in [0.2, 0.25) is 0 Å². The van der Waals surface area contributed by atoms with Crippen molar-refractivity contribution in [3.63, 3.8) is 0 Å². The zero-order chi connectivity index (χ0) is 13.9. The standard InChI is InChI=1S/C15H12F3O/c1-19-14-7-5-11(6-8-14)9-12-3-2-4-13(10-12)15(16,17)18/h2-3,5-8,10H,9H2,1H3. The Balaban J connectivity index is 2.18. The highest BCUT2D eigenvalue weighted by Gasteiger charge is 2.30. The Kier molecular flexibility index (Phi) is 3.79. The van der Waals surface area contributed by atoms with Gasteiger partial charge >= 0.3 is 6.18 Å². The van der Waals surface area contributed by atoms with Crippen LogP contribution < -0.4 is 4.74 Å². The molecule has 1 nitrogen and oxygen atoms in total. The van der Waals surface area contributed by atoms with Gasteiger partial charge in [-0.25, -0.2) is 0 Å². The summed E-state index contributed by atoms with van der Waals surface area (Å²) < 4.78 is 42.7. The van der Waals surface area contributed by atoms with Crippen molar-refractivity contribution in [2.45, 2.75) is 12.6 Å². The van der Waals surface area contributed by atoms with Crippen molar-refractivity contribution >= 4 is 0 Å². The van der Waals surface area contributed by atoms with Gasteiger partial charge < -0.3 is 4.74 Å². The van der Waals surface area contributed by atoms with Crippen molar-refractivity contribution in [1.29, 1.82) is 0 Å². The lowest BCUT2D eigenvalue weighted by Gasteiger charge is -2.08. The minimum absolute atomic E-state index is 0.446. The van der Waals surface area contributed by atoms with E-state index in [4.69, 9.17) is 4.74 Å². The Morgan fingerprint density at radius 3 is 2.32 bits per heavy atom. The minimum atomic E-state index is -4.35. The summed E-state index contributed by atoms with van der Waals surface area (Å²) in [5, 5.41) is 0. The lowest BCUT2D eigenvalue weighted by Crippen LogP contribution is -2.05. The zero-order valence-electron chi connectivity index (χ0n) is 10.3. The van der Waals surface area contributed by atoms with Gasteiger partial charge in [0.05, 0.1) is 12.7 Å². The number of rotatable bonds is 3. The molecule has 19 heavy (non-hydrogen) atoms. The molecule has 0 aliphatic heterocycles. The third kappa shape index (κ3) is 3.50. The van der Waals surface area contributed by atoms with Crippen LogP contribution in [0.3, 0.4) is 0 Å². The van der Waals surface area contributed by atoms with Gasteiger partial charge in [-0.1, -0.05) is 24.3 Å². The van der Waals surface area contributed by atoms with Gasteiger partial charge in [-0.2, -0.15) is 13.2 Å². The number of methoxy groups -OCH3 is 1. The van der Waals surface area contributed by atoms with Gasteiger partial charge in [-0.15, -0.1) is 0 Å². The summed E-state index contributed by atoms with van der Waals surface area (Å²) in [5.41, 5.74) is 0.801. The van der Waals surface area contributed by atoms with Crippen LogP contribution in [-0.4, -0.2) is 7.11 Å². The predicted molar refractivity (Wildman–Crippen MR) is 66.1 cm³/mol. The lowest BCUT2D eigenvalue weighted by atomic mass is 10.0. The van der Waals surface area contributed by atoms with Crippen LogP contribution in [0.2, 0.25) is 0 Å². The molecule has 0 heterocycles. The molecular weight excluding hydrogens is 253 g/mol. The second kappa shape index (κ2) is 5.34. The van der Waals surface area contributed by atoms with Crippen molar-refractivity contribution in [1.82, 2.24) is 0 Å². The molecule has 1 radical (unpaired) electrons. The maximum atomic E-state index is 12.6. The maximum absolute atomic E-state index is 12.6. The van der Waals surface area contributed by atoms with E-state index >= 15 is 0 Å². The fourth-order valence-corrected chi connectivity index (χ4v) is 1.77. The molecule has 0 N–H and O–H groups in total. The Bertz CT molecular complexity index is 544. The molecule has 0 spiro atoms. The molecule has 2 rings (SSSR count). The minimum Gasteiger partial charge on any atom is -0.497 e. The summed E-state index contributed by atoms with van der Waals surface area (Å²) in [6, 6.07) is 13.5. The van der Waals surface area contributed by atoms with Crippen molar-refractivity contribution in [2.75, 3.05) is 7.11 Å². The number of hydrogen-bond donors (Lipinski definition) is 0. The number of halogens is 3. The van der Waals surface area contributed by atoms with Gasteiger partial charge in [-0.3, -0.25) is 0 Å². The molecule has 0 atom stereocenters. The lowest BCUT2D eigenvalue weighted by molar-refractivity contribution is -0.137. The monoisotopic (exact) mass is 265 g/mol. The highest BCUT2D eigenvalue weighted by atomic mass is 19.4. The van der Waals surface area contributed by atoms with Crippen LogP contribution >= 0.6 is 0 Å². The smallest absolute Gasteiger partial charge is 0.417 e. The summed E-state index contributed by atoms with van der Waals surface area (Å²) >= 11 is 0. The second-order valence-corrected chi connectivity index (χ2v) is 4.13. The van der Waals surface area contributed by atoms with Crippen molar-refractivity contribution < 1.29 is 17.9 Å². The molecule has 2 aromatic carbocycles. The Labute approximate surface area is 109 Å². The molecule has 0 unspecified atom stereocenters. The quantitative estimate of drug-likeness (QED) is 0.811. The third-order valence-electron chi connectivity index (χ3n) is 2.74. The molecule has 0 aliphatic rings. The largest absolute Gasteiger partial charge is 0.497 e. The molecule has 0 aliphatic carbocycles. The average molecular weight is 265 g/mol. The topological polar surface area (TPSA) is 9.23 Å². The molecule has 0 saturated carbocycles. The van der Waals surface area contributed by atoms with E-state index in [2.05, 4.69) is 6.07 Å². The third-order valence-corrected chi connectivity index (χ3v) is 2.74. The van der Waals surface area contributed by atoms with Gasteiger partial charge in [-0.05, 0) is 41.8 Å². The molecule has 0 aromatic heterocycles. The van der Waals surface area contributed by atoms with Crippen molar-refractivity contribution in [3.8, 4) is 5.75 Å². The first-order valence-corrected chi connectivity index (χ1v) is 5.70. The molecule has 0 fully saturated rings. The molecule has 0 bridgehead atoms. The Morgan fingerprint density at radius 2 is 1.74 bits per heavy atom. The highest BCUT2D eigenvalue weighted by Crippen LogP contribution is 2.29. The maximum Gasteiger partial charge on any atom is 0.417 e. The van der Waals surface area contributed by atoms with Crippen molar-refractivity contribution in [2.24, 2.45) is 0 Å². The molecule has 99 valence electrons. The summed E-state index contributed by atoms with van der Waals surface area (Å²) in [4.78, 5) is 0. The van der Waals surface area contributed by atoms with Crippen LogP contribution in [-0.2, 0) is 12.6 Å². The van der Waals surface area contributed by atoms with Crippen LogP contribution in [0.25, 0.3) is 0 Å². The fraction of sp³-hybridized carbons (Fsp3) is 0.200. The van der Waals surface area contributed by atoms with E-state index in [1.165, 1.54) is 6.07 Å². The Hall–Kier alpha value is -1.97. The summed E-state index contributed by atoms with van der Waals surface area (Å²) in [6.07, 6.45) is -3.91. The first-order chi connectivity index (χ1) is 8.99. The number of alkyl halides is 3. The number of benzene rings is 2. The highest BCUT2D eigenvalue weighted by molar-refractivity contribution is 5.33. The summed E-state index contributed by atoms with van der Waals surface area (Å²) in [7, 11) is 1.57. The first-order valence-electron chi connectivity index (χ1n) is 5.70. The average Bonchev–Trinajstić information content (AvgIpc) is 2.39. The zero-order valence-corrected chi connectivity index (χ0v) is 10.3. The van der Waals surface area contributed by atoms with E-state index in [0.29, 0.717) is 12.0 Å². The molecular formula is C15H12F3O. The van der Waals surface area contributed by atoms with Crippen molar-refractivity contribution in [3.05, 3.63) is 65.2 Å². The molecule has 2 aromatic rings. The van der Waals surface area contributed by atoms with Gasteiger partial charge in [0, 0.05) is 0 Å². The van der Waals surface area contributed by atoms with Gasteiger partial charge in [0.25, 0.3) is 0 Å². The van der Waals surface area contributed by atoms with Crippen LogP contribution in [0.4, 0.5) is 13.2 Å². The molecule has 0 saturated heterocycles. The number of hydrogen-bond acceptors (Lipinski definition) is 1. The van der Waals surface area contributed by atoms with E-state index in [1.807, 2.05) is 12.1 Å². The van der Waals surface area contributed by atoms with Gasteiger partial charge in [0.15, 0.2) is 0 Å². The van der Waals surface area contributed by atoms with Crippen LogP contribution in [0.15, 0.2) is 42.5 Å². The first kappa shape index (κ1) is 13.5. The van der Waals surface area contributed by atoms with E-state index in [9.17, 15) is 13.2 Å². The van der Waals surface area contributed by atoms with Crippen LogP contribution in [0, 0.1) is 6.07 Å². The Morgan fingerprint density at radius 1 is 1.05 bits per heavy atom. The predicted octanol–water partition coefficient (Wildman–Crippen LogP) is 4.10. The number of ether oxygens (including phenoxy) is 1. The summed E-state index contributed by atoms with van der Waals surface area (Å²) in [5.74, 6) is 0.723. The fourth-order valence-electron chi connectivity index (χ4n) is 1.77. The second-order valence-electron chi connectivity index (χ2n) is 4.13. The van der Waals surface area contributed by atoms with Crippen LogP contribution in [0.5, 0.6) is 5.75 Å². The van der Waals surface area contributed by atoms with E-state index in [0.717, 1.165) is 17.4 Å². The summed E-state index contributed by atoms with van der Waals surface area (Å²) in [6.45, 7) is 0. The van der Waals surface area contributed by atoms with Gasteiger partial charge in [0.1, 0.15) is 5.75 Å². The normalized spacial score (nSPS) is 11.4.